The second-order valence-electron chi connectivity index (χ2n) is 4.49. The average molecular weight is 294 g/mol. The van der Waals surface area contributed by atoms with Gasteiger partial charge in [-0.05, 0) is 30.2 Å². The first-order valence-electron chi connectivity index (χ1n) is 6.24. The molecule has 2 aromatic rings. The van der Waals surface area contributed by atoms with Crippen molar-refractivity contribution in [1.29, 1.82) is 0 Å². The summed E-state index contributed by atoms with van der Waals surface area (Å²) in [6.45, 7) is 0.237. The maximum atomic E-state index is 13.5. The normalized spacial score (nSPS) is 10.4. The molecule has 110 valence electrons. The van der Waals surface area contributed by atoms with Crippen LogP contribution in [-0.4, -0.2) is 12.5 Å². The molecule has 0 aliphatic rings. The van der Waals surface area contributed by atoms with Gasteiger partial charge in [0, 0.05) is 12.6 Å². The zero-order valence-electron chi connectivity index (χ0n) is 11.0. The molecule has 0 bridgehead atoms. The van der Waals surface area contributed by atoms with Crippen LogP contribution >= 0.6 is 0 Å². The van der Waals surface area contributed by atoms with Crippen LogP contribution in [0.5, 0.6) is 0 Å². The number of nitrogens with two attached hydrogens (primary N) is 1. The Morgan fingerprint density at radius 1 is 1.05 bits per heavy atom. The van der Waals surface area contributed by atoms with Crippen LogP contribution in [0.15, 0.2) is 36.4 Å². The summed E-state index contributed by atoms with van der Waals surface area (Å²) in [5.41, 5.74) is 5.53. The highest BCUT2D eigenvalue weighted by molar-refractivity contribution is 5.95. The third kappa shape index (κ3) is 3.75. The number of carbonyl (C=O) groups is 1. The molecule has 0 aromatic heterocycles. The van der Waals surface area contributed by atoms with E-state index in [0.717, 1.165) is 11.6 Å². The molecule has 3 N–H and O–H groups in total. The van der Waals surface area contributed by atoms with Crippen LogP contribution in [0.2, 0.25) is 0 Å². The summed E-state index contributed by atoms with van der Waals surface area (Å²) in [6.07, 6.45) is 0.463. The topological polar surface area (TPSA) is 55.1 Å². The molecule has 6 heteroatoms. The fourth-order valence-electron chi connectivity index (χ4n) is 1.81. The number of hydrogen-bond donors (Lipinski definition) is 2. The molecule has 0 radical (unpaired) electrons. The van der Waals surface area contributed by atoms with Gasteiger partial charge in [0.1, 0.15) is 17.5 Å². The van der Waals surface area contributed by atoms with Gasteiger partial charge >= 0.3 is 0 Å². The molecule has 0 saturated heterocycles. The SMILES string of the molecule is Nc1cc(C(=O)NCCc2ccc(F)cc2)c(F)cc1F. The molecule has 0 unspecified atom stereocenters. The van der Waals surface area contributed by atoms with Crippen LogP contribution in [0.25, 0.3) is 0 Å². The van der Waals surface area contributed by atoms with Crippen molar-refractivity contribution in [3.8, 4) is 0 Å². The summed E-state index contributed by atoms with van der Waals surface area (Å²) in [4.78, 5) is 11.8. The van der Waals surface area contributed by atoms with Crippen LogP contribution < -0.4 is 11.1 Å². The van der Waals surface area contributed by atoms with Crippen LogP contribution in [0.3, 0.4) is 0 Å². The van der Waals surface area contributed by atoms with E-state index in [2.05, 4.69) is 5.32 Å². The number of carbonyl (C=O) groups excluding carboxylic acids is 1. The first kappa shape index (κ1) is 14.9. The van der Waals surface area contributed by atoms with Crippen LogP contribution in [0.1, 0.15) is 15.9 Å². The van der Waals surface area contributed by atoms with Gasteiger partial charge in [0.05, 0.1) is 11.3 Å². The van der Waals surface area contributed by atoms with Gasteiger partial charge in [0.2, 0.25) is 0 Å². The molecule has 0 heterocycles. The second-order valence-corrected chi connectivity index (χ2v) is 4.49. The number of benzene rings is 2. The van der Waals surface area contributed by atoms with Gasteiger partial charge in [-0.15, -0.1) is 0 Å². The van der Waals surface area contributed by atoms with Gasteiger partial charge in [-0.3, -0.25) is 4.79 Å². The number of rotatable bonds is 4. The van der Waals surface area contributed by atoms with E-state index in [1.54, 1.807) is 12.1 Å². The van der Waals surface area contributed by atoms with E-state index in [1.807, 2.05) is 0 Å². The lowest BCUT2D eigenvalue weighted by atomic mass is 10.1. The molecule has 3 nitrogen and oxygen atoms in total. The van der Waals surface area contributed by atoms with Gasteiger partial charge < -0.3 is 11.1 Å². The van der Waals surface area contributed by atoms with Gasteiger partial charge in [-0.2, -0.15) is 0 Å². The van der Waals surface area contributed by atoms with Crippen molar-refractivity contribution in [3.63, 3.8) is 0 Å². The molecule has 1 amide bonds. The maximum absolute atomic E-state index is 13.5. The van der Waals surface area contributed by atoms with Gasteiger partial charge in [0.25, 0.3) is 5.91 Å². The predicted molar refractivity (Wildman–Crippen MR) is 73.2 cm³/mol. The lowest BCUT2D eigenvalue weighted by molar-refractivity contribution is 0.0950. The molecule has 2 aromatic carbocycles. The highest BCUT2D eigenvalue weighted by Gasteiger charge is 2.14. The average Bonchev–Trinajstić information content (AvgIpc) is 2.45. The molecule has 21 heavy (non-hydrogen) atoms. The van der Waals surface area contributed by atoms with Crippen molar-refractivity contribution < 1.29 is 18.0 Å². The Bertz CT molecular complexity index is 657. The number of nitrogen functional groups attached to an aromatic ring is 1. The maximum Gasteiger partial charge on any atom is 0.254 e. The summed E-state index contributed by atoms with van der Waals surface area (Å²) < 4.78 is 39.2. The molecule has 2 rings (SSSR count). The zero-order valence-corrected chi connectivity index (χ0v) is 11.0. The smallest absolute Gasteiger partial charge is 0.254 e. The number of halogens is 3. The van der Waals surface area contributed by atoms with E-state index < -0.39 is 17.5 Å². The Morgan fingerprint density at radius 2 is 1.71 bits per heavy atom. The van der Waals surface area contributed by atoms with Crippen LogP contribution in [0, 0.1) is 17.5 Å². The van der Waals surface area contributed by atoms with Crippen molar-refractivity contribution in [2.24, 2.45) is 0 Å². The standard InChI is InChI=1S/C15H13F3N2O/c16-10-3-1-9(2-4-10)5-6-20-15(21)11-7-14(19)13(18)8-12(11)17/h1-4,7-8H,5-6,19H2,(H,20,21). The number of anilines is 1. The Morgan fingerprint density at radius 3 is 2.38 bits per heavy atom. The van der Waals surface area contributed by atoms with Crippen molar-refractivity contribution >= 4 is 11.6 Å². The molecule has 0 saturated carbocycles. The number of nitrogens with one attached hydrogen (secondary N) is 1. The highest BCUT2D eigenvalue weighted by Crippen LogP contribution is 2.16. The monoisotopic (exact) mass is 294 g/mol. The van der Waals surface area contributed by atoms with E-state index >= 15 is 0 Å². The van der Waals surface area contributed by atoms with E-state index in [4.69, 9.17) is 5.73 Å². The van der Waals surface area contributed by atoms with Gasteiger partial charge in [0.15, 0.2) is 0 Å². The van der Waals surface area contributed by atoms with Gasteiger partial charge in [-0.1, -0.05) is 12.1 Å². The molecule has 0 spiro atoms. The van der Waals surface area contributed by atoms with E-state index in [9.17, 15) is 18.0 Å². The van der Waals surface area contributed by atoms with E-state index in [1.165, 1.54) is 12.1 Å². The third-order valence-electron chi connectivity index (χ3n) is 2.94. The Labute approximate surface area is 119 Å². The first-order chi connectivity index (χ1) is 9.97. The third-order valence-corrected chi connectivity index (χ3v) is 2.94. The Balaban J connectivity index is 1.96. The second kappa shape index (κ2) is 6.30. The summed E-state index contributed by atoms with van der Waals surface area (Å²) in [5.74, 6) is -2.90. The van der Waals surface area contributed by atoms with Crippen molar-refractivity contribution in [3.05, 3.63) is 65.0 Å². The Kier molecular flexibility index (Phi) is 4.47. The fourth-order valence-corrected chi connectivity index (χ4v) is 1.81. The minimum Gasteiger partial charge on any atom is -0.396 e. The van der Waals surface area contributed by atoms with Gasteiger partial charge in [-0.25, -0.2) is 13.2 Å². The van der Waals surface area contributed by atoms with Crippen LogP contribution in [-0.2, 0) is 6.42 Å². The summed E-state index contributed by atoms with van der Waals surface area (Å²) in [6, 6.07) is 7.35. The number of hydrogen-bond acceptors (Lipinski definition) is 2. The minimum atomic E-state index is -0.971. The molecule has 0 fully saturated rings. The van der Waals surface area contributed by atoms with Crippen molar-refractivity contribution in [2.45, 2.75) is 6.42 Å². The predicted octanol–water partition coefficient (Wildman–Crippen LogP) is 2.66. The quantitative estimate of drug-likeness (QED) is 0.852. The summed E-state index contributed by atoms with van der Waals surface area (Å²) in [5, 5.41) is 2.50. The van der Waals surface area contributed by atoms with E-state index in [-0.39, 0.29) is 23.6 Å². The molecule has 0 atom stereocenters. The summed E-state index contributed by atoms with van der Waals surface area (Å²) in [7, 11) is 0. The molecular formula is C15H13F3N2O. The first-order valence-corrected chi connectivity index (χ1v) is 6.24. The van der Waals surface area contributed by atoms with Crippen molar-refractivity contribution in [1.82, 2.24) is 5.32 Å². The summed E-state index contributed by atoms with van der Waals surface area (Å²) >= 11 is 0. The molecule has 0 aliphatic heterocycles. The largest absolute Gasteiger partial charge is 0.396 e. The molecule has 0 aliphatic carbocycles. The highest BCUT2D eigenvalue weighted by atomic mass is 19.1. The van der Waals surface area contributed by atoms with E-state index in [0.29, 0.717) is 12.5 Å². The lowest BCUT2D eigenvalue weighted by Crippen LogP contribution is -2.26. The number of amides is 1. The lowest BCUT2D eigenvalue weighted by Gasteiger charge is -2.07. The van der Waals surface area contributed by atoms with Crippen molar-refractivity contribution in [2.75, 3.05) is 12.3 Å². The zero-order chi connectivity index (χ0) is 15.4. The Hall–Kier alpha value is -2.50. The fraction of sp³-hybridized carbons (Fsp3) is 0.133. The molecular weight excluding hydrogens is 281 g/mol. The van der Waals surface area contributed by atoms with Crippen LogP contribution in [0.4, 0.5) is 18.9 Å². The minimum absolute atomic E-state index is 0.237.